The zero-order valence-corrected chi connectivity index (χ0v) is 10.8. The minimum absolute atomic E-state index is 0.188. The summed E-state index contributed by atoms with van der Waals surface area (Å²) in [4.78, 5) is 2.35. The van der Waals surface area contributed by atoms with Crippen molar-refractivity contribution < 1.29 is 9.13 Å². The Balaban J connectivity index is 1.81. The normalized spacial score (nSPS) is 17.7. The van der Waals surface area contributed by atoms with E-state index >= 15 is 0 Å². The maximum atomic E-state index is 12.7. The maximum Gasteiger partial charge on any atom is 0.123 e. The molecule has 98 valence electrons. The highest BCUT2D eigenvalue weighted by Crippen LogP contribution is 2.12. The second-order valence-electron chi connectivity index (χ2n) is 4.74. The third-order valence-corrected chi connectivity index (χ3v) is 3.39. The predicted molar refractivity (Wildman–Crippen MR) is 71.9 cm³/mol. The van der Waals surface area contributed by atoms with Gasteiger partial charge in [0, 0.05) is 25.8 Å². The van der Waals surface area contributed by atoms with Crippen molar-refractivity contribution in [3.8, 4) is 0 Å². The highest BCUT2D eigenvalue weighted by Gasteiger charge is 2.16. The Hall–Kier alpha value is -1.19. The maximum absolute atomic E-state index is 12.7. The van der Waals surface area contributed by atoms with Crippen molar-refractivity contribution in [2.75, 3.05) is 26.8 Å². The lowest BCUT2D eigenvalue weighted by Crippen LogP contribution is -2.36. The third-order valence-electron chi connectivity index (χ3n) is 3.39. The van der Waals surface area contributed by atoms with Gasteiger partial charge in [-0.2, -0.15) is 0 Å². The summed E-state index contributed by atoms with van der Waals surface area (Å²) in [5.41, 5.74) is 1.04. The van der Waals surface area contributed by atoms with Gasteiger partial charge >= 0.3 is 0 Å². The molecule has 1 aliphatic heterocycles. The second-order valence-corrected chi connectivity index (χ2v) is 4.74. The lowest BCUT2D eigenvalue weighted by molar-refractivity contribution is 0.0466. The fourth-order valence-corrected chi connectivity index (χ4v) is 2.20. The van der Waals surface area contributed by atoms with Gasteiger partial charge in [-0.25, -0.2) is 4.39 Å². The van der Waals surface area contributed by atoms with E-state index in [-0.39, 0.29) is 5.82 Å². The summed E-state index contributed by atoms with van der Waals surface area (Å²) in [5.74, 6) is -0.188. The first-order chi connectivity index (χ1) is 8.75. The number of benzene rings is 1. The van der Waals surface area contributed by atoms with E-state index in [0.717, 1.165) is 38.2 Å². The van der Waals surface area contributed by atoms with Crippen LogP contribution in [-0.4, -0.2) is 37.7 Å². The molecule has 1 saturated heterocycles. The van der Waals surface area contributed by atoms with Gasteiger partial charge < -0.3 is 4.74 Å². The van der Waals surface area contributed by atoms with E-state index in [2.05, 4.69) is 18.0 Å². The van der Waals surface area contributed by atoms with Crippen molar-refractivity contribution in [2.24, 2.45) is 0 Å². The molecular formula is C15H20FNO. The Morgan fingerprint density at radius 3 is 2.61 bits per heavy atom. The SMILES string of the molecule is CN(CC=Cc1ccc(F)cc1)C1CCOCC1. The first-order valence-electron chi connectivity index (χ1n) is 6.46. The highest BCUT2D eigenvalue weighted by molar-refractivity contribution is 5.48. The molecule has 0 saturated carbocycles. The predicted octanol–water partition coefficient (Wildman–Crippen LogP) is 2.95. The molecule has 0 unspecified atom stereocenters. The van der Waals surface area contributed by atoms with Crippen LogP contribution in [-0.2, 0) is 4.74 Å². The van der Waals surface area contributed by atoms with E-state index in [1.165, 1.54) is 12.1 Å². The van der Waals surface area contributed by atoms with E-state index in [1.54, 1.807) is 12.1 Å². The molecule has 0 aromatic heterocycles. The van der Waals surface area contributed by atoms with Crippen molar-refractivity contribution in [3.05, 3.63) is 41.7 Å². The Bertz CT molecular complexity index is 382. The van der Waals surface area contributed by atoms with E-state index < -0.39 is 0 Å². The van der Waals surface area contributed by atoms with Crippen LogP contribution >= 0.6 is 0 Å². The molecule has 1 aromatic rings. The molecule has 0 N–H and O–H groups in total. The average Bonchev–Trinajstić information content (AvgIpc) is 2.42. The van der Waals surface area contributed by atoms with Crippen LogP contribution in [0.1, 0.15) is 18.4 Å². The molecule has 0 bridgehead atoms. The zero-order chi connectivity index (χ0) is 12.8. The van der Waals surface area contributed by atoms with Crippen LogP contribution in [0, 0.1) is 5.82 Å². The summed E-state index contributed by atoms with van der Waals surface area (Å²) in [7, 11) is 2.14. The summed E-state index contributed by atoms with van der Waals surface area (Å²) in [6, 6.07) is 7.18. The molecule has 0 radical (unpaired) electrons. The molecule has 2 nitrogen and oxygen atoms in total. The molecule has 1 aliphatic rings. The van der Waals surface area contributed by atoms with Gasteiger partial charge in [0.1, 0.15) is 5.82 Å². The lowest BCUT2D eigenvalue weighted by Gasteiger charge is -2.30. The van der Waals surface area contributed by atoms with E-state index in [9.17, 15) is 4.39 Å². The van der Waals surface area contributed by atoms with Gasteiger partial charge in [-0.3, -0.25) is 4.90 Å². The quantitative estimate of drug-likeness (QED) is 0.813. The summed E-state index contributed by atoms with van der Waals surface area (Å²) in [5, 5.41) is 0. The Morgan fingerprint density at radius 1 is 1.28 bits per heavy atom. The van der Waals surface area contributed by atoms with Crippen LogP contribution in [0.3, 0.4) is 0 Å². The van der Waals surface area contributed by atoms with Crippen molar-refractivity contribution in [1.29, 1.82) is 0 Å². The van der Waals surface area contributed by atoms with Crippen molar-refractivity contribution >= 4 is 6.08 Å². The van der Waals surface area contributed by atoms with Crippen molar-refractivity contribution in [1.82, 2.24) is 4.90 Å². The number of ether oxygens (including phenoxy) is 1. The fourth-order valence-electron chi connectivity index (χ4n) is 2.20. The largest absolute Gasteiger partial charge is 0.381 e. The lowest BCUT2D eigenvalue weighted by atomic mass is 10.1. The molecule has 0 amide bonds. The first-order valence-corrected chi connectivity index (χ1v) is 6.46. The summed E-state index contributed by atoms with van der Waals surface area (Å²) in [6.07, 6.45) is 6.39. The Morgan fingerprint density at radius 2 is 1.94 bits per heavy atom. The fraction of sp³-hybridized carbons (Fsp3) is 0.467. The van der Waals surface area contributed by atoms with Crippen LogP contribution in [0.4, 0.5) is 4.39 Å². The number of halogens is 1. The van der Waals surface area contributed by atoms with Crippen LogP contribution in [0.15, 0.2) is 30.3 Å². The van der Waals surface area contributed by atoms with Crippen LogP contribution in [0.25, 0.3) is 6.08 Å². The van der Waals surface area contributed by atoms with Gasteiger partial charge in [-0.1, -0.05) is 24.3 Å². The highest BCUT2D eigenvalue weighted by atomic mass is 19.1. The number of nitrogens with zero attached hydrogens (tertiary/aromatic N) is 1. The minimum Gasteiger partial charge on any atom is -0.381 e. The summed E-state index contributed by atoms with van der Waals surface area (Å²) >= 11 is 0. The monoisotopic (exact) mass is 249 g/mol. The number of likely N-dealkylation sites (N-methyl/N-ethyl adjacent to an activating group) is 1. The summed E-state index contributed by atoms with van der Waals surface area (Å²) in [6.45, 7) is 2.66. The molecule has 2 rings (SSSR count). The van der Waals surface area contributed by atoms with Gasteiger partial charge in [0.2, 0.25) is 0 Å². The molecule has 0 aliphatic carbocycles. The standard InChI is InChI=1S/C15H20FNO/c1-17(15-8-11-18-12-9-15)10-2-3-13-4-6-14(16)7-5-13/h2-7,15H,8-12H2,1H3. The van der Waals surface area contributed by atoms with Crippen LogP contribution < -0.4 is 0 Å². The van der Waals surface area contributed by atoms with Crippen molar-refractivity contribution in [3.63, 3.8) is 0 Å². The van der Waals surface area contributed by atoms with Crippen LogP contribution in [0.2, 0.25) is 0 Å². The van der Waals surface area contributed by atoms with E-state index in [0.29, 0.717) is 6.04 Å². The van der Waals surface area contributed by atoms with E-state index in [1.807, 2.05) is 6.08 Å². The number of hydrogen-bond acceptors (Lipinski definition) is 2. The second kappa shape index (κ2) is 6.66. The van der Waals surface area contributed by atoms with Gasteiger partial charge in [-0.15, -0.1) is 0 Å². The molecule has 1 heterocycles. The molecular weight excluding hydrogens is 229 g/mol. The van der Waals surface area contributed by atoms with Crippen molar-refractivity contribution in [2.45, 2.75) is 18.9 Å². The Labute approximate surface area is 108 Å². The average molecular weight is 249 g/mol. The summed E-state index contributed by atoms with van der Waals surface area (Å²) < 4.78 is 18.1. The molecule has 18 heavy (non-hydrogen) atoms. The molecule has 0 atom stereocenters. The van der Waals surface area contributed by atoms with E-state index in [4.69, 9.17) is 4.74 Å². The van der Waals surface area contributed by atoms with Crippen LogP contribution in [0.5, 0.6) is 0 Å². The molecule has 3 heteroatoms. The minimum atomic E-state index is -0.188. The van der Waals surface area contributed by atoms with Gasteiger partial charge in [0.15, 0.2) is 0 Å². The molecule has 1 aromatic carbocycles. The number of hydrogen-bond donors (Lipinski definition) is 0. The third kappa shape index (κ3) is 3.93. The van der Waals surface area contributed by atoms with Gasteiger partial charge in [0.25, 0.3) is 0 Å². The van der Waals surface area contributed by atoms with Gasteiger partial charge in [-0.05, 0) is 37.6 Å². The smallest absolute Gasteiger partial charge is 0.123 e. The Kier molecular flexibility index (Phi) is 4.90. The first kappa shape index (κ1) is 13.2. The molecule has 1 fully saturated rings. The molecule has 0 spiro atoms. The topological polar surface area (TPSA) is 12.5 Å². The number of rotatable bonds is 4. The van der Waals surface area contributed by atoms with Gasteiger partial charge in [0.05, 0.1) is 0 Å². The zero-order valence-electron chi connectivity index (χ0n) is 10.8.